The molecule has 80 valence electrons. The monoisotopic (exact) mass is 251 g/mol. The van der Waals surface area contributed by atoms with Gasteiger partial charge in [0.2, 0.25) is 0 Å². The van der Waals surface area contributed by atoms with Crippen molar-refractivity contribution in [2.24, 2.45) is 0 Å². The molecule has 1 aliphatic rings. The van der Waals surface area contributed by atoms with Crippen LogP contribution in [0.3, 0.4) is 0 Å². The first-order valence-electron chi connectivity index (χ1n) is 5.18. The maximum absolute atomic E-state index is 5.36. The smallest absolute Gasteiger partial charge is 0.102 e. The van der Waals surface area contributed by atoms with Gasteiger partial charge in [-0.25, -0.2) is 0 Å². The summed E-state index contributed by atoms with van der Waals surface area (Å²) >= 11 is 0. The average Bonchev–Trinajstić information content (AvgIpc) is 2.06. The normalized spacial score (nSPS) is 20.8. The third-order valence-electron chi connectivity index (χ3n) is 2.85. The van der Waals surface area contributed by atoms with Crippen LogP contribution in [-0.2, 0) is 4.74 Å². The Morgan fingerprint density at radius 1 is 1.15 bits per heavy atom. The minimum absolute atomic E-state index is 0. The number of likely N-dealkylation sites (N-methyl/N-ethyl adjacent to an activating group) is 1. The number of ether oxygens (including phenoxy) is 1. The predicted octanol–water partition coefficient (Wildman–Crippen LogP) is -1.34. The van der Waals surface area contributed by atoms with Gasteiger partial charge >= 0.3 is 0 Å². The zero-order valence-corrected chi connectivity index (χ0v) is 10.5. The van der Waals surface area contributed by atoms with E-state index in [1.54, 1.807) is 0 Å². The Kier molecular flexibility index (Phi) is 7.00. The second-order valence-electron chi connectivity index (χ2n) is 4.11. The van der Waals surface area contributed by atoms with Gasteiger partial charge in [-0.15, -0.1) is 0 Å². The third kappa shape index (κ3) is 4.99. The maximum Gasteiger partial charge on any atom is 0.102 e. The van der Waals surface area contributed by atoms with Crippen LogP contribution in [0, 0.1) is 0 Å². The first-order valence-corrected chi connectivity index (χ1v) is 5.18. The second kappa shape index (κ2) is 6.80. The summed E-state index contributed by atoms with van der Waals surface area (Å²) < 4.78 is 6.59. The minimum Gasteiger partial charge on any atom is -1.00 e. The van der Waals surface area contributed by atoms with E-state index in [9.17, 15) is 0 Å². The Hall–Kier alpha value is 0.400. The summed E-state index contributed by atoms with van der Waals surface area (Å²) in [6.07, 6.45) is 4.10. The fourth-order valence-electron chi connectivity index (χ4n) is 1.75. The summed E-state index contributed by atoms with van der Waals surface area (Å²) in [6.45, 7) is 7.95. The molecule has 0 unspecified atom stereocenters. The fourth-order valence-corrected chi connectivity index (χ4v) is 1.75. The largest absolute Gasteiger partial charge is 1.00 e. The summed E-state index contributed by atoms with van der Waals surface area (Å²) in [7, 11) is 2.36. The number of hydrogen-bond donors (Lipinski definition) is 0. The molecule has 0 aliphatic carbocycles. The molecule has 0 bridgehead atoms. The van der Waals surface area contributed by atoms with Gasteiger partial charge in [-0.2, -0.15) is 0 Å². The Labute approximate surface area is 92.6 Å². The number of halogens is 1. The maximum atomic E-state index is 5.36. The van der Waals surface area contributed by atoms with Gasteiger partial charge in [0, 0.05) is 0 Å². The molecule has 0 N–H and O–H groups in total. The van der Waals surface area contributed by atoms with Crippen molar-refractivity contribution in [1.29, 1.82) is 0 Å². The molecule has 0 aromatic carbocycles. The molecule has 1 saturated heterocycles. The van der Waals surface area contributed by atoms with Crippen molar-refractivity contribution < 1.29 is 26.2 Å². The van der Waals surface area contributed by atoms with Crippen molar-refractivity contribution in [2.45, 2.75) is 26.2 Å². The molecule has 0 amide bonds. The van der Waals surface area contributed by atoms with Gasteiger partial charge in [-0.3, -0.25) is 0 Å². The summed E-state index contributed by atoms with van der Waals surface area (Å²) in [5.41, 5.74) is 0. The van der Waals surface area contributed by atoms with Crippen LogP contribution >= 0.6 is 0 Å². The SMILES string of the molecule is CCCCC[N+]1(C)CCOCC1.[Br-]. The highest BCUT2D eigenvalue weighted by atomic mass is 79.9. The molecule has 0 saturated carbocycles. The molecule has 0 atom stereocenters. The highest BCUT2D eigenvalue weighted by Crippen LogP contribution is 2.10. The number of quaternary nitrogens is 1. The van der Waals surface area contributed by atoms with E-state index < -0.39 is 0 Å². The van der Waals surface area contributed by atoms with E-state index in [-0.39, 0.29) is 17.0 Å². The molecule has 2 nitrogen and oxygen atoms in total. The second-order valence-corrected chi connectivity index (χ2v) is 4.11. The topological polar surface area (TPSA) is 9.23 Å². The van der Waals surface area contributed by atoms with Crippen LogP contribution in [0.5, 0.6) is 0 Å². The van der Waals surface area contributed by atoms with Crippen LogP contribution in [0.25, 0.3) is 0 Å². The van der Waals surface area contributed by atoms with Crippen molar-refractivity contribution in [3.63, 3.8) is 0 Å². The third-order valence-corrected chi connectivity index (χ3v) is 2.85. The van der Waals surface area contributed by atoms with E-state index in [4.69, 9.17) is 4.74 Å². The number of hydrogen-bond acceptors (Lipinski definition) is 1. The highest BCUT2D eigenvalue weighted by molar-refractivity contribution is 4.47. The number of nitrogens with zero attached hydrogens (tertiary/aromatic N) is 1. The van der Waals surface area contributed by atoms with Crippen LogP contribution in [-0.4, -0.2) is 44.4 Å². The molecule has 1 aliphatic heterocycles. The van der Waals surface area contributed by atoms with Crippen LogP contribution in [0.2, 0.25) is 0 Å². The Bertz CT molecular complexity index is 124. The lowest BCUT2D eigenvalue weighted by molar-refractivity contribution is -0.917. The molecule has 0 aromatic heterocycles. The highest BCUT2D eigenvalue weighted by Gasteiger charge is 2.23. The van der Waals surface area contributed by atoms with Gasteiger partial charge in [-0.05, 0) is 12.8 Å². The lowest BCUT2D eigenvalue weighted by Crippen LogP contribution is -3.00. The predicted molar refractivity (Wildman–Crippen MR) is 51.1 cm³/mol. The van der Waals surface area contributed by atoms with Crippen LogP contribution in [0.15, 0.2) is 0 Å². The average molecular weight is 252 g/mol. The minimum atomic E-state index is 0. The molecule has 0 aromatic rings. The van der Waals surface area contributed by atoms with E-state index in [0.29, 0.717) is 0 Å². The molecular weight excluding hydrogens is 230 g/mol. The van der Waals surface area contributed by atoms with Crippen molar-refractivity contribution in [2.75, 3.05) is 39.9 Å². The lowest BCUT2D eigenvalue weighted by atomic mass is 10.2. The van der Waals surface area contributed by atoms with Gasteiger partial charge in [0.1, 0.15) is 13.1 Å². The van der Waals surface area contributed by atoms with Crippen molar-refractivity contribution in [3.8, 4) is 0 Å². The standard InChI is InChI=1S/C10H22NO.BrH/c1-3-4-5-6-11(2)7-9-12-10-8-11;/h3-10H2,1-2H3;1H/q+1;/p-1. The Morgan fingerprint density at radius 2 is 1.77 bits per heavy atom. The van der Waals surface area contributed by atoms with Gasteiger partial charge in [-0.1, -0.05) is 13.3 Å². The molecule has 13 heavy (non-hydrogen) atoms. The van der Waals surface area contributed by atoms with Gasteiger partial charge < -0.3 is 26.2 Å². The molecular formula is C10H22BrNO. The first-order chi connectivity index (χ1) is 5.77. The summed E-state index contributed by atoms with van der Waals surface area (Å²) in [5, 5.41) is 0. The van der Waals surface area contributed by atoms with Crippen LogP contribution < -0.4 is 17.0 Å². The summed E-state index contributed by atoms with van der Waals surface area (Å²) in [4.78, 5) is 0. The Balaban J connectivity index is 0.00000144. The molecule has 1 heterocycles. The van der Waals surface area contributed by atoms with Gasteiger partial charge in [0.15, 0.2) is 0 Å². The summed E-state index contributed by atoms with van der Waals surface area (Å²) in [6, 6.07) is 0. The molecule has 1 rings (SSSR count). The first kappa shape index (κ1) is 13.4. The molecule has 0 spiro atoms. The van der Waals surface area contributed by atoms with E-state index in [0.717, 1.165) is 13.2 Å². The zero-order chi connectivity index (χ0) is 8.86. The fraction of sp³-hybridized carbons (Fsp3) is 1.00. The number of unbranched alkanes of at least 4 members (excludes halogenated alkanes) is 2. The Morgan fingerprint density at radius 3 is 2.31 bits per heavy atom. The van der Waals surface area contributed by atoms with E-state index >= 15 is 0 Å². The van der Waals surface area contributed by atoms with E-state index in [1.807, 2.05) is 0 Å². The van der Waals surface area contributed by atoms with E-state index in [1.165, 1.54) is 43.4 Å². The molecule has 0 radical (unpaired) electrons. The van der Waals surface area contributed by atoms with E-state index in [2.05, 4.69) is 14.0 Å². The molecule has 3 heteroatoms. The molecule has 1 fully saturated rings. The summed E-state index contributed by atoms with van der Waals surface area (Å²) in [5.74, 6) is 0. The quantitative estimate of drug-likeness (QED) is 0.444. The van der Waals surface area contributed by atoms with Gasteiger partial charge in [0.05, 0.1) is 26.8 Å². The van der Waals surface area contributed by atoms with Gasteiger partial charge in [0.25, 0.3) is 0 Å². The van der Waals surface area contributed by atoms with Crippen molar-refractivity contribution in [3.05, 3.63) is 0 Å². The van der Waals surface area contributed by atoms with Crippen LogP contribution in [0.4, 0.5) is 0 Å². The lowest BCUT2D eigenvalue weighted by Gasteiger charge is -2.37. The van der Waals surface area contributed by atoms with Crippen molar-refractivity contribution >= 4 is 0 Å². The number of rotatable bonds is 4. The van der Waals surface area contributed by atoms with Crippen molar-refractivity contribution in [1.82, 2.24) is 0 Å². The zero-order valence-electron chi connectivity index (χ0n) is 8.89. The van der Waals surface area contributed by atoms with Crippen LogP contribution in [0.1, 0.15) is 26.2 Å². The number of morpholine rings is 1.